The van der Waals surface area contributed by atoms with E-state index < -0.39 is 17.0 Å². The molecule has 0 saturated carbocycles. The first-order valence-corrected chi connectivity index (χ1v) is 9.94. The fourth-order valence-corrected chi connectivity index (χ4v) is 5.09. The Kier molecular flexibility index (Phi) is 3.86. The summed E-state index contributed by atoms with van der Waals surface area (Å²) in [6.07, 6.45) is 0.607. The zero-order valence-corrected chi connectivity index (χ0v) is 16.5. The Morgan fingerprint density at radius 3 is 2.50 bits per heavy atom. The van der Waals surface area contributed by atoms with E-state index in [2.05, 4.69) is 0 Å². The molecule has 30 heavy (non-hydrogen) atoms. The van der Waals surface area contributed by atoms with Crippen LogP contribution in [0, 0.1) is 16.0 Å². The highest BCUT2D eigenvalue weighted by Gasteiger charge is 2.63. The Labute approximate surface area is 172 Å². The highest BCUT2D eigenvalue weighted by Crippen LogP contribution is 2.44. The van der Waals surface area contributed by atoms with Crippen molar-refractivity contribution < 1.29 is 19.3 Å². The molecule has 5 rings (SSSR count). The van der Waals surface area contributed by atoms with Crippen molar-refractivity contribution in [2.24, 2.45) is 5.92 Å². The SMILES string of the molecule is CC(C)C(=O)N1C[C@@H]2C[C@H]1C1C(=O)N(c3ccc([N+](=O)[O-])c4ccccc34)C(=O)N12. The number of nitro benzene ring substituents is 1. The Hall–Kier alpha value is -3.49. The molecule has 3 atom stereocenters. The topological polar surface area (TPSA) is 104 Å². The first-order valence-electron chi connectivity index (χ1n) is 9.94. The fraction of sp³-hybridized carbons (Fsp3) is 0.381. The van der Waals surface area contributed by atoms with E-state index in [-0.39, 0.29) is 35.5 Å². The number of hydrogen-bond acceptors (Lipinski definition) is 5. The Bertz CT molecular complexity index is 1130. The molecule has 3 aliphatic heterocycles. The van der Waals surface area contributed by atoms with Crippen LogP contribution in [0.15, 0.2) is 36.4 Å². The van der Waals surface area contributed by atoms with Crippen molar-refractivity contribution in [3.8, 4) is 0 Å². The number of benzene rings is 2. The number of rotatable bonds is 3. The van der Waals surface area contributed by atoms with E-state index in [0.717, 1.165) is 4.90 Å². The largest absolute Gasteiger partial charge is 0.335 e. The third-order valence-corrected chi connectivity index (χ3v) is 6.36. The summed E-state index contributed by atoms with van der Waals surface area (Å²) in [5.41, 5.74) is 0.254. The van der Waals surface area contributed by atoms with Crippen molar-refractivity contribution in [2.75, 3.05) is 11.4 Å². The third kappa shape index (κ3) is 2.31. The van der Waals surface area contributed by atoms with Crippen molar-refractivity contribution >= 4 is 40.0 Å². The average Bonchev–Trinajstić information content (AvgIpc) is 3.38. The molecule has 9 nitrogen and oxygen atoms in total. The number of fused-ring (bicyclic) bond motifs is 6. The number of carbonyl (C=O) groups is 3. The number of imide groups is 1. The molecule has 1 unspecified atom stereocenters. The second-order valence-corrected chi connectivity index (χ2v) is 8.32. The summed E-state index contributed by atoms with van der Waals surface area (Å²) in [4.78, 5) is 54.6. The highest BCUT2D eigenvalue weighted by atomic mass is 16.6. The van der Waals surface area contributed by atoms with Gasteiger partial charge in [0.25, 0.3) is 11.6 Å². The smallest absolute Gasteiger partial charge is 0.332 e. The highest BCUT2D eigenvalue weighted by molar-refractivity contribution is 6.25. The Morgan fingerprint density at radius 1 is 1.13 bits per heavy atom. The van der Waals surface area contributed by atoms with Gasteiger partial charge in [0.2, 0.25) is 5.91 Å². The number of carbonyl (C=O) groups excluding carboxylic acids is 3. The van der Waals surface area contributed by atoms with Gasteiger partial charge in [0.1, 0.15) is 6.04 Å². The van der Waals surface area contributed by atoms with Crippen LogP contribution < -0.4 is 4.90 Å². The lowest BCUT2D eigenvalue weighted by Gasteiger charge is -2.35. The molecular formula is C21H20N4O5. The average molecular weight is 408 g/mol. The molecule has 0 radical (unpaired) electrons. The Balaban J connectivity index is 1.57. The van der Waals surface area contributed by atoms with Gasteiger partial charge in [-0.1, -0.05) is 32.0 Å². The summed E-state index contributed by atoms with van der Waals surface area (Å²) in [6, 6.07) is 7.82. The lowest BCUT2D eigenvalue weighted by atomic mass is 10.0. The van der Waals surface area contributed by atoms with Crippen molar-refractivity contribution in [1.82, 2.24) is 9.80 Å². The van der Waals surface area contributed by atoms with Gasteiger partial charge in [-0.15, -0.1) is 0 Å². The molecule has 0 aliphatic carbocycles. The zero-order chi connectivity index (χ0) is 21.3. The van der Waals surface area contributed by atoms with Gasteiger partial charge in [0, 0.05) is 23.9 Å². The van der Waals surface area contributed by atoms with E-state index in [1.54, 1.807) is 34.1 Å². The summed E-state index contributed by atoms with van der Waals surface area (Å²) < 4.78 is 0. The first kappa shape index (κ1) is 18.5. The second kappa shape index (κ2) is 6.25. The van der Waals surface area contributed by atoms with Gasteiger partial charge in [-0.2, -0.15) is 0 Å². The van der Waals surface area contributed by atoms with Crippen LogP contribution >= 0.6 is 0 Å². The first-order chi connectivity index (χ1) is 14.3. The number of nitro groups is 1. The van der Waals surface area contributed by atoms with Crippen molar-refractivity contribution in [2.45, 2.75) is 38.4 Å². The van der Waals surface area contributed by atoms with Gasteiger partial charge in [-0.05, 0) is 18.6 Å². The number of piperazine rings is 1. The zero-order valence-electron chi connectivity index (χ0n) is 16.5. The van der Waals surface area contributed by atoms with Crippen LogP contribution in [0.2, 0.25) is 0 Å². The van der Waals surface area contributed by atoms with Crippen LogP contribution in [0.4, 0.5) is 16.2 Å². The van der Waals surface area contributed by atoms with Gasteiger partial charge in [0.05, 0.1) is 28.1 Å². The van der Waals surface area contributed by atoms with Crippen molar-refractivity contribution in [1.29, 1.82) is 0 Å². The second-order valence-electron chi connectivity index (χ2n) is 8.32. The molecule has 3 saturated heterocycles. The summed E-state index contributed by atoms with van der Waals surface area (Å²) in [6.45, 7) is 4.08. The molecular weight excluding hydrogens is 388 g/mol. The van der Waals surface area contributed by atoms with E-state index in [0.29, 0.717) is 29.4 Å². The predicted octanol–water partition coefficient (Wildman–Crippen LogP) is 2.52. The van der Waals surface area contributed by atoms with Gasteiger partial charge in [0.15, 0.2) is 0 Å². The normalized spacial score (nSPS) is 25.0. The van der Waals surface area contributed by atoms with Gasteiger partial charge in [-0.3, -0.25) is 19.7 Å². The van der Waals surface area contributed by atoms with Crippen molar-refractivity contribution in [3.63, 3.8) is 0 Å². The monoisotopic (exact) mass is 408 g/mol. The number of amides is 4. The number of likely N-dealkylation sites (tertiary alicyclic amines) is 1. The number of anilines is 1. The van der Waals surface area contributed by atoms with E-state index in [4.69, 9.17) is 0 Å². The summed E-state index contributed by atoms with van der Waals surface area (Å²) in [5.74, 6) is -0.575. The van der Waals surface area contributed by atoms with E-state index in [1.807, 2.05) is 13.8 Å². The standard InChI is InChI=1S/C21H20N4O5/c1-11(2)19(26)22-10-12-9-17(22)18-20(27)24(21(28)23(12)18)15-7-8-16(25(29)30)14-6-4-3-5-13(14)15/h3-8,11-12,17-18H,9-10H2,1-2H3/t12-,17-,18?/m0/s1. The summed E-state index contributed by atoms with van der Waals surface area (Å²) >= 11 is 0. The van der Waals surface area contributed by atoms with Crippen LogP contribution in [0.1, 0.15) is 20.3 Å². The molecule has 2 bridgehead atoms. The summed E-state index contributed by atoms with van der Waals surface area (Å²) in [7, 11) is 0. The van der Waals surface area contributed by atoms with Crippen LogP contribution in [0.5, 0.6) is 0 Å². The third-order valence-electron chi connectivity index (χ3n) is 6.36. The van der Waals surface area contributed by atoms with Crippen LogP contribution in [0.25, 0.3) is 10.8 Å². The molecule has 3 aliphatic rings. The lowest BCUT2D eigenvalue weighted by molar-refractivity contribution is -0.383. The van der Waals surface area contributed by atoms with E-state index in [1.165, 1.54) is 12.1 Å². The van der Waals surface area contributed by atoms with Gasteiger partial charge in [-0.25, -0.2) is 9.69 Å². The molecule has 2 aromatic rings. The molecule has 3 heterocycles. The fourth-order valence-electron chi connectivity index (χ4n) is 5.09. The van der Waals surface area contributed by atoms with Crippen LogP contribution in [0.3, 0.4) is 0 Å². The molecule has 0 aromatic heterocycles. The minimum Gasteiger partial charge on any atom is -0.335 e. The number of non-ortho nitro benzene ring substituents is 1. The van der Waals surface area contributed by atoms with E-state index in [9.17, 15) is 24.5 Å². The summed E-state index contributed by atoms with van der Waals surface area (Å²) in [5, 5.41) is 12.2. The molecule has 0 N–H and O–H groups in total. The lowest BCUT2D eigenvalue weighted by Crippen LogP contribution is -2.55. The van der Waals surface area contributed by atoms with E-state index >= 15 is 0 Å². The Morgan fingerprint density at radius 2 is 1.83 bits per heavy atom. The molecule has 4 amide bonds. The maximum absolute atomic E-state index is 13.4. The molecule has 3 fully saturated rings. The van der Waals surface area contributed by atoms with Crippen molar-refractivity contribution in [3.05, 3.63) is 46.5 Å². The predicted molar refractivity (Wildman–Crippen MR) is 108 cm³/mol. The van der Waals surface area contributed by atoms with Gasteiger partial charge >= 0.3 is 6.03 Å². The maximum Gasteiger partial charge on any atom is 0.332 e. The minimum atomic E-state index is -0.701. The van der Waals surface area contributed by atoms with Crippen LogP contribution in [-0.2, 0) is 9.59 Å². The number of urea groups is 1. The molecule has 9 heteroatoms. The van der Waals surface area contributed by atoms with Crippen LogP contribution in [-0.4, -0.2) is 57.2 Å². The minimum absolute atomic E-state index is 0.0124. The number of hydrogen-bond donors (Lipinski definition) is 0. The molecule has 0 spiro atoms. The molecule has 154 valence electrons. The van der Waals surface area contributed by atoms with Gasteiger partial charge < -0.3 is 9.80 Å². The molecule has 2 aromatic carbocycles. The number of nitrogens with zero attached hydrogens (tertiary/aromatic N) is 4. The maximum atomic E-state index is 13.4. The quantitative estimate of drug-likeness (QED) is 0.441.